The van der Waals surface area contributed by atoms with Crippen LogP contribution in [0.25, 0.3) is 0 Å². The Bertz CT molecular complexity index is 215. The number of nitrogens with zero attached hydrogens (tertiary/aromatic N) is 2. The van der Waals surface area contributed by atoms with E-state index in [1.165, 1.54) is 4.90 Å². The van der Waals surface area contributed by atoms with Crippen molar-refractivity contribution >= 4 is 5.91 Å². The van der Waals surface area contributed by atoms with Crippen LogP contribution in [-0.2, 0) is 0 Å². The Hall–Kier alpha value is -1.32. The lowest BCUT2D eigenvalue weighted by Gasteiger charge is -2.05. The zero-order valence-electron chi connectivity index (χ0n) is 5.66. The number of rotatable bonds is 1. The van der Waals surface area contributed by atoms with Gasteiger partial charge in [-0.3, -0.25) is 9.89 Å². The van der Waals surface area contributed by atoms with Gasteiger partial charge in [-0.1, -0.05) is 0 Å². The van der Waals surface area contributed by atoms with E-state index in [0.717, 1.165) is 0 Å². The smallest absolute Gasteiger partial charge is 0.274 e. The van der Waals surface area contributed by atoms with Crippen LogP contribution < -0.4 is 0 Å². The fourth-order valence-electron chi connectivity index (χ4n) is 0.575. The van der Waals surface area contributed by atoms with Crippen LogP contribution in [0.5, 0.6) is 0 Å². The third kappa shape index (κ3) is 1.15. The van der Waals surface area contributed by atoms with Crippen LogP contribution in [0.15, 0.2) is 12.3 Å². The molecule has 0 saturated carbocycles. The van der Waals surface area contributed by atoms with E-state index in [1.807, 2.05) is 0 Å². The molecule has 1 N–H and O–H groups in total. The van der Waals surface area contributed by atoms with Gasteiger partial charge in [0.05, 0.1) is 0 Å². The first-order chi connectivity index (χ1) is 4.72. The summed E-state index contributed by atoms with van der Waals surface area (Å²) in [4.78, 5) is 12.2. The highest BCUT2D eigenvalue weighted by Crippen LogP contribution is 1.95. The second-order valence-electron chi connectivity index (χ2n) is 1.96. The van der Waals surface area contributed by atoms with Gasteiger partial charge < -0.3 is 4.90 Å². The maximum absolute atomic E-state index is 11.0. The quantitative estimate of drug-likeness (QED) is 0.605. The molecule has 0 atom stereocenters. The van der Waals surface area contributed by atoms with Crippen molar-refractivity contribution in [3.63, 3.8) is 0 Å². The van der Waals surface area contributed by atoms with E-state index in [1.54, 1.807) is 19.3 Å². The van der Waals surface area contributed by atoms with E-state index in [2.05, 4.69) is 17.2 Å². The third-order valence-electron chi connectivity index (χ3n) is 1.07. The first kappa shape index (κ1) is 6.80. The van der Waals surface area contributed by atoms with Crippen molar-refractivity contribution in [2.24, 2.45) is 0 Å². The topological polar surface area (TPSA) is 49.0 Å². The van der Waals surface area contributed by atoms with Crippen molar-refractivity contribution < 1.29 is 4.79 Å². The number of aromatic amines is 1. The first-order valence-corrected chi connectivity index (χ1v) is 2.80. The molecule has 0 unspecified atom stereocenters. The molecule has 0 saturated heterocycles. The molecule has 1 aromatic rings. The zero-order chi connectivity index (χ0) is 7.56. The fraction of sp³-hybridized carbons (Fsp3) is 0.167. The maximum Gasteiger partial charge on any atom is 0.274 e. The van der Waals surface area contributed by atoms with Crippen LogP contribution in [0.1, 0.15) is 10.5 Å². The summed E-state index contributed by atoms with van der Waals surface area (Å²) in [6, 6.07) is 1.60. The van der Waals surface area contributed by atoms with Gasteiger partial charge in [0.25, 0.3) is 5.91 Å². The minimum Gasteiger partial charge on any atom is -0.339 e. The minimum atomic E-state index is -0.193. The second-order valence-corrected chi connectivity index (χ2v) is 1.96. The van der Waals surface area contributed by atoms with Crippen LogP contribution in [0.3, 0.4) is 0 Å². The minimum absolute atomic E-state index is 0.193. The number of carbonyl (C=O) groups is 1. The van der Waals surface area contributed by atoms with Gasteiger partial charge in [0.15, 0.2) is 0 Å². The summed E-state index contributed by atoms with van der Waals surface area (Å²) in [6.07, 6.45) is 1.59. The van der Waals surface area contributed by atoms with Crippen LogP contribution in [0.4, 0.5) is 0 Å². The van der Waals surface area contributed by atoms with Crippen molar-refractivity contribution in [1.29, 1.82) is 0 Å². The van der Waals surface area contributed by atoms with E-state index >= 15 is 0 Å². The van der Waals surface area contributed by atoms with Gasteiger partial charge in [0, 0.05) is 20.3 Å². The van der Waals surface area contributed by atoms with Crippen molar-refractivity contribution in [1.82, 2.24) is 15.1 Å². The van der Waals surface area contributed by atoms with Gasteiger partial charge in [-0.05, 0) is 6.07 Å². The summed E-state index contributed by atoms with van der Waals surface area (Å²) in [7, 11) is 5.00. The largest absolute Gasteiger partial charge is 0.339 e. The molecule has 1 rings (SSSR count). The van der Waals surface area contributed by atoms with E-state index in [9.17, 15) is 4.79 Å². The summed E-state index contributed by atoms with van der Waals surface area (Å²) < 4.78 is 0. The highest BCUT2D eigenvalue weighted by molar-refractivity contribution is 5.92. The molecule has 0 aromatic carbocycles. The Morgan fingerprint density at radius 1 is 1.90 bits per heavy atom. The number of hydrogen-bond donors (Lipinski definition) is 1. The van der Waals surface area contributed by atoms with Crippen LogP contribution in [0, 0.1) is 7.05 Å². The van der Waals surface area contributed by atoms with Gasteiger partial charge in [-0.15, -0.1) is 0 Å². The Labute approximate surface area is 58.8 Å². The van der Waals surface area contributed by atoms with Crippen molar-refractivity contribution in [3.05, 3.63) is 25.0 Å². The number of H-pyrrole nitrogens is 1. The lowest BCUT2D eigenvalue weighted by Crippen LogP contribution is -2.19. The maximum atomic E-state index is 11.0. The Morgan fingerprint density at radius 3 is 3.00 bits per heavy atom. The number of carbonyl (C=O) groups excluding carboxylic acids is 1. The summed E-state index contributed by atoms with van der Waals surface area (Å²) in [5, 5.41) is 6.22. The van der Waals surface area contributed by atoms with Crippen molar-refractivity contribution in [2.75, 3.05) is 7.05 Å². The SMILES string of the molecule is [CH2]N(C)C(=O)c1cc[nH]n1. The highest BCUT2D eigenvalue weighted by atomic mass is 16.2. The van der Waals surface area contributed by atoms with Gasteiger partial charge in [-0.25, -0.2) is 0 Å². The number of nitrogens with one attached hydrogen (secondary N) is 1. The van der Waals surface area contributed by atoms with Gasteiger partial charge >= 0.3 is 0 Å². The first-order valence-electron chi connectivity index (χ1n) is 2.80. The monoisotopic (exact) mass is 138 g/mol. The summed E-state index contributed by atoms with van der Waals surface area (Å²) in [5.74, 6) is -0.193. The van der Waals surface area contributed by atoms with E-state index < -0.39 is 0 Å². The summed E-state index contributed by atoms with van der Waals surface area (Å²) >= 11 is 0. The molecule has 1 amide bonds. The molecule has 1 radical (unpaired) electrons. The average molecular weight is 138 g/mol. The average Bonchev–Trinajstić information content (AvgIpc) is 2.36. The van der Waals surface area contributed by atoms with Crippen molar-refractivity contribution in [3.8, 4) is 0 Å². The molecule has 0 aliphatic rings. The predicted octanol–water partition coefficient (Wildman–Crippen LogP) is 0.273. The molecule has 0 aliphatic carbocycles. The summed E-state index contributed by atoms with van der Waals surface area (Å²) in [5.41, 5.74) is 0.387. The molecule has 0 spiro atoms. The van der Waals surface area contributed by atoms with Crippen LogP contribution >= 0.6 is 0 Å². The molecule has 0 bridgehead atoms. The predicted molar refractivity (Wildman–Crippen MR) is 36.0 cm³/mol. The standard InChI is InChI=1S/C6H8N3O/c1-9(2)6(10)5-3-4-7-8-5/h3-4H,1H2,2H3,(H,7,8). The second kappa shape index (κ2) is 2.51. The Morgan fingerprint density at radius 2 is 2.60 bits per heavy atom. The molecule has 0 aliphatic heterocycles. The third-order valence-corrected chi connectivity index (χ3v) is 1.07. The molecule has 0 fully saturated rings. The molecule has 1 heterocycles. The van der Waals surface area contributed by atoms with Gasteiger partial charge in [0.2, 0.25) is 0 Å². The molecule has 4 nitrogen and oxygen atoms in total. The molecular weight excluding hydrogens is 130 g/mol. The normalized spacial score (nSPS) is 9.40. The molecule has 53 valence electrons. The lowest BCUT2D eigenvalue weighted by molar-refractivity contribution is 0.0841. The van der Waals surface area contributed by atoms with Crippen molar-refractivity contribution in [2.45, 2.75) is 0 Å². The van der Waals surface area contributed by atoms with Crippen LogP contribution in [0.2, 0.25) is 0 Å². The molecule has 4 heteroatoms. The number of hydrogen-bond acceptors (Lipinski definition) is 2. The molecular formula is C6H8N3O. The molecule has 1 aromatic heterocycles. The Balaban J connectivity index is 2.78. The lowest BCUT2D eigenvalue weighted by atomic mass is 10.4. The fourth-order valence-corrected chi connectivity index (χ4v) is 0.575. The van der Waals surface area contributed by atoms with Gasteiger partial charge in [0.1, 0.15) is 5.69 Å². The van der Waals surface area contributed by atoms with E-state index in [-0.39, 0.29) is 5.91 Å². The van der Waals surface area contributed by atoms with E-state index in [4.69, 9.17) is 0 Å². The zero-order valence-corrected chi connectivity index (χ0v) is 5.66. The number of amides is 1. The van der Waals surface area contributed by atoms with E-state index in [0.29, 0.717) is 5.69 Å². The van der Waals surface area contributed by atoms with Gasteiger partial charge in [-0.2, -0.15) is 5.10 Å². The highest BCUT2D eigenvalue weighted by Gasteiger charge is 2.08. The number of aromatic nitrogens is 2. The Kier molecular flexibility index (Phi) is 1.71. The summed E-state index contributed by atoms with van der Waals surface area (Å²) in [6.45, 7) is 0. The van der Waals surface area contributed by atoms with Crippen LogP contribution in [-0.4, -0.2) is 28.1 Å². The molecule has 10 heavy (non-hydrogen) atoms.